The number of benzene rings is 2. The molecule has 0 aliphatic rings. The molecule has 0 aliphatic heterocycles. The second-order valence-corrected chi connectivity index (χ2v) is 8.33. The van der Waals surface area contributed by atoms with E-state index in [1.807, 2.05) is 11.4 Å². The number of thiophene rings is 1. The topological polar surface area (TPSA) is 72.5 Å². The highest BCUT2D eigenvalue weighted by Gasteiger charge is 2.24. The van der Waals surface area contributed by atoms with Crippen molar-refractivity contribution in [1.29, 1.82) is 0 Å². The molecule has 0 fully saturated rings. The van der Waals surface area contributed by atoms with Crippen molar-refractivity contribution >= 4 is 27.3 Å². The molecule has 0 spiro atoms. The van der Waals surface area contributed by atoms with E-state index in [0.717, 1.165) is 4.88 Å². The first-order chi connectivity index (χ1) is 12.9. The van der Waals surface area contributed by atoms with Gasteiger partial charge in [-0.1, -0.05) is 24.3 Å². The maximum absolute atomic E-state index is 13.3. The zero-order chi connectivity index (χ0) is 19.4. The lowest BCUT2D eigenvalue weighted by atomic mass is 10.1. The summed E-state index contributed by atoms with van der Waals surface area (Å²) < 4.78 is 46.4. The molecule has 140 valence electrons. The largest absolute Gasteiger partial charge is 0.465 e. The van der Waals surface area contributed by atoms with Gasteiger partial charge in [-0.05, 0) is 47.3 Å². The molecule has 1 heterocycles. The summed E-state index contributed by atoms with van der Waals surface area (Å²) in [7, 11) is -2.73. The molecule has 2 aromatic carbocycles. The van der Waals surface area contributed by atoms with Crippen LogP contribution in [0.1, 0.15) is 26.8 Å². The summed E-state index contributed by atoms with van der Waals surface area (Å²) in [6.45, 7) is 0. The smallest absolute Gasteiger partial charge is 0.337 e. The second-order valence-electron chi connectivity index (χ2n) is 5.64. The predicted molar refractivity (Wildman–Crippen MR) is 101 cm³/mol. The first-order valence-electron chi connectivity index (χ1n) is 7.90. The molecule has 1 atom stereocenters. The van der Waals surface area contributed by atoms with Crippen LogP contribution in [0.4, 0.5) is 4.39 Å². The van der Waals surface area contributed by atoms with Gasteiger partial charge in [0.1, 0.15) is 5.82 Å². The summed E-state index contributed by atoms with van der Waals surface area (Å²) in [4.78, 5) is 12.4. The maximum atomic E-state index is 13.3. The van der Waals surface area contributed by atoms with Crippen molar-refractivity contribution in [3.05, 3.63) is 87.9 Å². The number of carbonyl (C=O) groups is 1. The monoisotopic (exact) mass is 405 g/mol. The molecule has 0 amide bonds. The van der Waals surface area contributed by atoms with Gasteiger partial charge in [-0.3, -0.25) is 0 Å². The molecule has 0 saturated carbocycles. The number of hydrogen-bond donors (Lipinski definition) is 1. The molecular weight excluding hydrogens is 389 g/mol. The SMILES string of the molecule is COC(=O)c1cccc(S(=O)(=O)NC(c2ccc(F)cc2)c2cccs2)c1. The third-order valence-electron chi connectivity index (χ3n) is 3.87. The molecule has 8 heteroatoms. The Morgan fingerprint density at radius 1 is 1.11 bits per heavy atom. The summed E-state index contributed by atoms with van der Waals surface area (Å²) in [5.74, 6) is -1.03. The number of sulfonamides is 1. The van der Waals surface area contributed by atoms with Crippen molar-refractivity contribution in [3.63, 3.8) is 0 Å². The molecule has 0 saturated heterocycles. The highest BCUT2D eigenvalue weighted by molar-refractivity contribution is 7.89. The van der Waals surface area contributed by atoms with Crippen molar-refractivity contribution in [1.82, 2.24) is 4.72 Å². The fourth-order valence-electron chi connectivity index (χ4n) is 2.53. The van der Waals surface area contributed by atoms with E-state index >= 15 is 0 Å². The quantitative estimate of drug-likeness (QED) is 0.634. The number of rotatable bonds is 6. The zero-order valence-electron chi connectivity index (χ0n) is 14.3. The zero-order valence-corrected chi connectivity index (χ0v) is 15.9. The fraction of sp³-hybridized carbons (Fsp3) is 0.105. The van der Waals surface area contributed by atoms with Crippen LogP contribution in [0.25, 0.3) is 0 Å². The van der Waals surface area contributed by atoms with E-state index in [0.29, 0.717) is 5.56 Å². The summed E-state index contributed by atoms with van der Waals surface area (Å²) in [6.07, 6.45) is 0. The van der Waals surface area contributed by atoms with Crippen molar-refractivity contribution < 1.29 is 22.3 Å². The molecule has 27 heavy (non-hydrogen) atoms. The van der Waals surface area contributed by atoms with Crippen LogP contribution in [-0.2, 0) is 14.8 Å². The van der Waals surface area contributed by atoms with E-state index in [-0.39, 0.29) is 10.5 Å². The Morgan fingerprint density at radius 2 is 1.85 bits per heavy atom. The molecule has 3 rings (SSSR count). The summed E-state index contributed by atoms with van der Waals surface area (Å²) in [6, 6.07) is 14.1. The van der Waals surface area contributed by atoms with Gasteiger partial charge < -0.3 is 4.74 Å². The van der Waals surface area contributed by atoms with E-state index in [9.17, 15) is 17.6 Å². The lowest BCUT2D eigenvalue weighted by Gasteiger charge is -2.18. The van der Waals surface area contributed by atoms with Gasteiger partial charge in [0.25, 0.3) is 0 Å². The van der Waals surface area contributed by atoms with Gasteiger partial charge in [0, 0.05) is 4.88 Å². The highest BCUT2D eigenvalue weighted by Crippen LogP contribution is 2.28. The number of esters is 1. The van der Waals surface area contributed by atoms with Gasteiger partial charge in [0.2, 0.25) is 10.0 Å². The Labute approximate surface area is 160 Å². The first-order valence-corrected chi connectivity index (χ1v) is 10.3. The third-order valence-corrected chi connectivity index (χ3v) is 6.23. The average molecular weight is 405 g/mol. The maximum Gasteiger partial charge on any atom is 0.337 e. The number of hydrogen-bond acceptors (Lipinski definition) is 5. The van der Waals surface area contributed by atoms with E-state index in [2.05, 4.69) is 9.46 Å². The van der Waals surface area contributed by atoms with Crippen LogP contribution < -0.4 is 4.72 Å². The molecule has 0 aliphatic carbocycles. The van der Waals surface area contributed by atoms with E-state index in [1.165, 1.54) is 67.0 Å². The van der Waals surface area contributed by atoms with Gasteiger partial charge in [0.15, 0.2) is 0 Å². The molecule has 3 aromatic rings. The highest BCUT2D eigenvalue weighted by atomic mass is 32.2. The van der Waals surface area contributed by atoms with Crippen LogP contribution >= 0.6 is 11.3 Å². The first kappa shape index (κ1) is 19.2. The Balaban J connectivity index is 1.98. The average Bonchev–Trinajstić information content (AvgIpc) is 3.21. The number of halogens is 1. The van der Waals surface area contributed by atoms with Crippen molar-refractivity contribution in [2.75, 3.05) is 7.11 Å². The predicted octanol–water partition coefficient (Wildman–Crippen LogP) is 3.74. The molecule has 0 radical (unpaired) electrons. The number of nitrogens with one attached hydrogen (secondary N) is 1. The van der Waals surface area contributed by atoms with Crippen molar-refractivity contribution in [2.45, 2.75) is 10.9 Å². The van der Waals surface area contributed by atoms with E-state index < -0.39 is 27.9 Å². The number of methoxy groups -OCH3 is 1. The van der Waals surface area contributed by atoms with Crippen molar-refractivity contribution in [3.8, 4) is 0 Å². The minimum absolute atomic E-state index is 0.0610. The molecule has 0 bridgehead atoms. The van der Waals surface area contributed by atoms with E-state index in [4.69, 9.17) is 0 Å². The Kier molecular flexibility index (Phi) is 5.69. The summed E-state index contributed by atoms with van der Waals surface area (Å²) in [5, 5.41) is 1.83. The Morgan fingerprint density at radius 3 is 2.48 bits per heavy atom. The lowest BCUT2D eigenvalue weighted by molar-refractivity contribution is 0.0600. The van der Waals surface area contributed by atoms with Gasteiger partial charge in [-0.25, -0.2) is 17.6 Å². The molecule has 1 unspecified atom stereocenters. The molecule has 1 aromatic heterocycles. The molecule has 5 nitrogen and oxygen atoms in total. The fourth-order valence-corrected chi connectivity index (χ4v) is 4.66. The lowest BCUT2D eigenvalue weighted by Crippen LogP contribution is -2.29. The molecule has 1 N–H and O–H groups in total. The number of carbonyl (C=O) groups excluding carboxylic acids is 1. The summed E-state index contributed by atoms with van der Waals surface area (Å²) >= 11 is 1.38. The van der Waals surface area contributed by atoms with Crippen LogP contribution in [0.5, 0.6) is 0 Å². The van der Waals surface area contributed by atoms with E-state index in [1.54, 1.807) is 6.07 Å². The Hall–Kier alpha value is -2.55. The number of ether oxygens (including phenoxy) is 1. The van der Waals surface area contributed by atoms with Crippen molar-refractivity contribution in [2.24, 2.45) is 0 Å². The van der Waals surface area contributed by atoms with Gasteiger partial charge in [-0.2, -0.15) is 4.72 Å². The van der Waals surface area contributed by atoms with Gasteiger partial charge in [-0.15, -0.1) is 11.3 Å². The van der Waals surface area contributed by atoms with Gasteiger partial charge >= 0.3 is 5.97 Å². The third kappa shape index (κ3) is 4.41. The minimum atomic E-state index is -3.95. The van der Waals surface area contributed by atoms with Crippen LogP contribution in [0.2, 0.25) is 0 Å². The van der Waals surface area contributed by atoms with Crippen LogP contribution in [-0.4, -0.2) is 21.5 Å². The van der Waals surface area contributed by atoms with Gasteiger partial charge in [0.05, 0.1) is 23.6 Å². The van der Waals surface area contributed by atoms with Crippen LogP contribution in [0.15, 0.2) is 70.9 Å². The van der Waals surface area contributed by atoms with Crippen LogP contribution in [0, 0.1) is 5.82 Å². The van der Waals surface area contributed by atoms with Crippen LogP contribution in [0.3, 0.4) is 0 Å². The molecular formula is C19H16FNO4S2. The Bertz CT molecular complexity index is 1030. The second kappa shape index (κ2) is 7.99. The standard InChI is InChI=1S/C19H16FNO4S2/c1-25-19(22)14-4-2-5-16(12-14)27(23,24)21-18(17-6-3-11-26-17)13-7-9-15(20)10-8-13/h2-12,18,21H,1H3. The summed E-state index contributed by atoms with van der Waals surface area (Å²) in [5.41, 5.74) is 0.737. The minimum Gasteiger partial charge on any atom is -0.465 e. The normalized spacial score (nSPS) is 12.5.